The Hall–Kier alpha value is -0.830. The highest BCUT2D eigenvalue weighted by atomic mass is 79.9. The molecule has 1 aromatic carbocycles. The summed E-state index contributed by atoms with van der Waals surface area (Å²) in [4.78, 5) is 11.8. The van der Waals surface area contributed by atoms with Crippen LogP contribution in [0.15, 0.2) is 22.7 Å². The molecule has 0 unspecified atom stereocenters. The molecule has 1 aromatic rings. The highest BCUT2D eigenvalue weighted by molar-refractivity contribution is 9.10. The summed E-state index contributed by atoms with van der Waals surface area (Å²) in [6.45, 7) is 3.78. The van der Waals surface area contributed by atoms with Crippen LogP contribution in [0.25, 0.3) is 0 Å². The molecule has 0 bridgehead atoms. The van der Waals surface area contributed by atoms with Gasteiger partial charge in [0, 0.05) is 15.7 Å². The van der Waals surface area contributed by atoms with Gasteiger partial charge in [-0.05, 0) is 32.0 Å². The second kappa shape index (κ2) is 2.58. The van der Waals surface area contributed by atoms with Crippen LogP contribution in [-0.2, 0) is 0 Å². The normalized spacial score (nSPS) is 18.2. The number of Topliss-reactive ketones (excluding diaryl/α,β-unsaturated/α-hetero) is 1. The third kappa shape index (κ3) is 1.27. The number of anilines is 1. The Labute approximate surface area is 85.5 Å². The van der Waals surface area contributed by atoms with Crippen LogP contribution in [0.3, 0.4) is 0 Å². The van der Waals surface area contributed by atoms with Gasteiger partial charge in [0.25, 0.3) is 0 Å². The van der Waals surface area contributed by atoms with Crippen LogP contribution < -0.4 is 5.32 Å². The molecule has 1 aliphatic rings. The highest BCUT2D eigenvalue weighted by Crippen LogP contribution is 2.33. The Kier molecular flexibility index (Phi) is 1.74. The van der Waals surface area contributed by atoms with Gasteiger partial charge >= 0.3 is 0 Å². The topological polar surface area (TPSA) is 29.1 Å². The van der Waals surface area contributed by atoms with Gasteiger partial charge in [-0.25, -0.2) is 0 Å². The van der Waals surface area contributed by atoms with Crippen molar-refractivity contribution in [3.05, 3.63) is 28.2 Å². The van der Waals surface area contributed by atoms with E-state index in [1.54, 1.807) is 0 Å². The minimum Gasteiger partial charge on any atom is -0.372 e. The number of ketones is 1. The van der Waals surface area contributed by atoms with E-state index in [4.69, 9.17) is 0 Å². The van der Waals surface area contributed by atoms with Gasteiger partial charge in [-0.15, -0.1) is 0 Å². The summed E-state index contributed by atoms with van der Waals surface area (Å²) in [5, 5.41) is 3.18. The molecule has 3 heteroatoms. The summed E-state index contributed by atoms with van der Waals surface area (Å²) < 4.78 is 0.990. The maximum absolute atomic E-state index is 11.8. The molecule has 0 aromatic heterocycles. The third-order valence-corrected chi connectivity index (χ3v) is 2.73. The minimum atomic E-state index is -0.455. The van der Waals surface area contributed by atoms with E-state index in [9.17, 15) is 4.79 Å². The first kappa shape index (κ1) is 8.75. The number of benzene rings is 1. The number of carbonyl (C=O) groups is 1. The van der Waals surface area contributed by atoms with Crippen LogP contribution in [0.5, 0.6) is 0 Å². The smallest absolute Gasteiger partial charge is 0.189 e. The van der Waals surface area contributed by atoms with Crippen LogP contribution >= 0.6 is 15.9 Å². The Morgan fingerprint density at radius 3 is 2.77 bits per heavy atom. The molecule has 1 N–H and O–H groups in total. The number of hydrogen-bond acceptors (Lipinski definition) is 2. The Balaban J connectivity index is 2.57. The van der Waals surface area contributed by atoms with Crippen molar-refractivity contribution in [3.63, 3.8) is 0 Å². The van der Waals surface area contributed by atoms with E-state index >= 15 is 0 Å². The molecule has 0 aliphatic carbocycles. The van der Waals surface area contributed by atoms with Crippen molar-refractivity contribution in [2.75, 3.05) is 5.32 Å². The molecule has 1 aliphatic heterocycles. The quantitative estimate of drug-likeness (QED) is 0.755. The summed E-state index contributed by atoms with van der Waals surface area (Å²) in [7, 11) is 0. The van der Waals surface area contributed by atoms with Gasteiger partial charge in [0.1, 0.15) is 0 Å². The average molecular weight is 240 g/mol. The molecule has 0 saturated heterocycles. The Morgan fingerprint density at radius 1 is 1.38 bits per heavy atom. The Morgan fingerprint density at radius 2 is 2.08 bits per heavy atom. The molecule has 2 nitrogen and oxygen atoms in total. The average Bonchev–Trinajstić information content (AvgIpc) is 2.22. The molecule has 0 fully saturated rings. The van der Waals surface area contributed by atoms with E-state index in [0.717, 1.165) is 15.7 Å². The summed E-state index contributed by atoms with van der Waals surface area (Å²) in [5.74, 6) is 0.162. The van der Waals surface area contributed by atoms with Crippen molar-refractivity contribution < 1.29 is 4.79 Å². The number of halogens is 1. The second-order valence-corrected chi connectivity index (χ2v) is 4.68. The lowest BCUT2D eigenvalue weighted by Gasteiger charge is -2.15. The molecule has 0 radical (unpaired) electrons. The lowest BCUT2D eigenvalue weighted by Crippen LogP contribution is -2.33. The third-order valence-electron chi connectivity index (χ3n) is 2.24. The molecule has 1 heterocycles. The largest absolute Gasteiger partial charge is 0.372 e. The van der Waals surface area contributed by atoms with Gasteiger partial charge in [0.15, 0.2) is 5.78 Å². The second-order valence-electron chi connectivity index (χ2n) is 3.77. The lowest BCUT2D eigenvalue weighted by atomic mass is 9.99. The summed E-state index contributed by atoms with van der Waals surface area (Å²) in [5.41, 5.74) is 1.25. The first-order valence-corrected chi connectivity index (χ1v) is 4.92. The van der Waals surface area contributed by atoms with Crippen LogP contribution in [-0.4, -0.2) is 11.3 Å². The molecule has 13 heavy (non-hydrogen) atoms. The van der Waals surface area contributed by atoms with Gasteiger partial charge in [-0.2, -0.15) is 0 Å². The van der Waals surface area contributed by atoms with Crippen molar-refractivity contribution in [2.24, 2.45) is 0 Å². The van der Waals surface area contributed by atoms with E-state index in [-0.39, 0.29) is 5.78 Å². The van der Waals surface area contributed by atoms with E-state index in [1.807, 2.05) is 32.0 Å². The molecule has 2 rings (SSSR count). The zero-order chi connectivity index (χ0) is 9.64. The Bertz CT molecular complexity index is 385. The zero-order valence-corrected chi connectivity index (χ0v) is 9.10. The predicted octanol–water partition coefficient (Wildman–Crippen LogP) is 2.84. The van der Waals surface area contributed by atoms with E-state index in [1.165, 1.54) is 0 Å². The van der Waals surface area contributed by atoms with Gasteiger partial charge in [-0.1, -0.05) is 15.9 Å². The number of hydrogen-bond donors (Lipinski definition) is 1. The monoisotopic (exact) mass is 239 g/mol. The van der Waals surface area contributed by atoms with Crippen LogP contribution in [0, 0.1) is 0 Å². The molecular formula is C10H10BrNO. The molecule has 68 valence electrons. The van der Waals surface area contributed by atoms with Crippen molar-refractivity contribution in [1.29, 1.82) is 0 Å². The number of nitrogens with one attached hydrogen (secondary N) is 1. The van der Waals surface area contributed by atoms with Crippen molar-refractivity contribution in [2.45, 2.75) is 19.4 Å². The predicted molar refractivity (Wildman–Crippen MR) is 56.2 cm³/mol. The van der Waals surface area contributed by atoms with Gasteiger partial charge < -0.3 is 5.32 Å². The van der Waals surface area contributed by atoms with E-state index in [2.05, 4.69) is 21.2 Å². The SMILES string of the molecule is CC1(C)Nc2cc(Br)ccc2C1=O. The van der Waals surface area contributed by atoms with E-state index < -0.39 is 5.54 Å². The summed E-state index contributed by atoms with van der Waals surface area (Å²) in [6, 6.07) is 5.67. The standard InChI is InChI=1S/C10H10BrNO/c1-10(2)9(13)7-4-3-6(11)5-8(7)12-10/h3-5,12H,1-2H3. The zero-order valence-electron chi connectivity index (χ0n) is 7.52. The minimum absolute atomic E-state index is 0.162. The van der Waals surface area contributed by atoms with Crippen molar-refractivity contribution >= 4 is 27.4 Å². The first-order valence-electron chi connectivity index (χ1n) is 4.13. The van der Waals surface area contributed by atoms with Crippen molar-refractivity contribution in [1.82, 2.24) is 0 Å². The molecular weight excluding hydrogens is 230 g/mol. The van der Waals surface area contributed by atoms with E-state index in [0.29, 0.717) is 0 Å². The lowest BCUT2D eigenvalue weighted by molar-refractivity contribution is 0.0939. The maximum Gasteiger partial charge on any atom is 0.189 e. The van der Waals surface area contributed by atoms with Crippen LogP contribution in [0.4, 0.5) is 5.69 Å². The summed E-state index contributed by atoms with van der Waals surface area (Å²) >= 11 is 3.37. The van der Waals surface area contributed by atoms with Crippen molar-refractivity contribution in [3.8, 4) is 0 Å². The fourth-order valence-electron chi connectivity index (χ4n) is 1.55. The van der Waals surface area contributed by atoms with Gasteiger partial charge in [0.05, 0.1) is 5.54 Å². The molecule has 0 atom stereocenters. The van der Waals surface area contributed by atoms with Crippen LogP contribution in [0.1, 0.15) is 24.2 Å². The number of carbonyl (C=O) groups excluding carboxylic acids is 1. The fourth-order valence-corrected chi connectivity index (χ4v) is 1.91. The molecule has 0 amide bonds. The molecule has 0 saturated carbocycles. The number of rotatable bonds is 0. The maximum atomic E-state index is 11.8. The highest BCUT2D eigenvalue weighted by Gasteiger charge is 2.36. The summed E-state index contributed by atoms with van der Waals surface area (Å²) in [6.07, 6.45) is 0. The number of fused-ring (bicyclic) bond motifs is 1. The van der Waals surface area contributed by atoms with Gasteiger partial charge in [-0.3, -0.25) is 4.79 Å². The molecule has 0 spiro atoms. The fraction of sp³-hybridized carbons (Fsp3) is 0.300. The first-order chi connectivity index (χ1) is 6.00. The van der Waals surface area contributed by atoms with Gasteiger partial charge in [0.2, 0.25) is 0 Å². The van der Waals surface area contributed by atoms with Crippen LogP contribution in [0.2, 0.25) is 0 Å².